The summed E-state index contributed by atoms with van der Waals surface area (Å²) in [7, 11) is 0. The van der Waals surface area contributed by atoms with Gasteiger partial charge in [-0.05, 0) is 55.2 Å². The first kappa shape index (κ1) is 25.7. The Morgan fingerprint density at radius 1 is 0.500 bits per heavy atom. The van der Waals surface area contributed by atoms with Crippen molar-refractivity contribution in [3.63, 3.8) is 0 Å². The molecule has 0 bridgehead atoms. The van der Waals surface area contributed by atoms with Crippen molar-refractivity contribution in [2.24, 2.45) is 0 Å². The Labute approximate surface area is 179 Å². The van der Waals surface area contributed by atoms with Crippen molar-refractivity contribution in [3.05, 3.63) is 33.4 Å². The molecule has 0 unspecified atom stereocenters. The largest absolute Gasteiger partial charge is 0.478 e. The Kier molecular flexibility index (Phi) is 11.2. The van der Waals surface area contributed by atoms with Crippen LogP contribution in [0.25, 0.3) is 0 Å². The first-order chi connectivity index (χ1) is 14.3. The summed E-state index contributed by atoms with van der Waals surface area (Å²) in [6.45, 7) is 6.07. The predicted molar refractivity (Wildman–Crippen MR) is 117 cm³/mol. The molecule has 0 atom stereocenters. The van der Waals surface area contributed by atoms with Gasteiger partial charge in [0.15, 0.2) is 0 Å². The smallest absolute Gasteiger partial charge is 0.336 e. The molecular formula is C24H36O6. The van der Waals surface area contributed by atoms with Crippen LogP contribution < -0.4 is 0 Å². The summed E-state index contributed by atoms with van der Waals surface area (Å²) in [5, 5.41) is 30.0. The van der Waals surface area contributed by atoms with Crippen LogP contribution in [0.5, 0.6) is 0 Å². The molecule has 0 fully saturated rings. The van der Waals surface area contributed by atoms with Crippen LogP contribution in [0, 0.1) is 0 Å². The lowest BCUT2D eigenvalue weighted by Gasteiger charge is -2.22. The van der Waals surface area contributed by atoms with Gasteiger partial charge in [-0.3, -0.25) is 0 Å². The van der Waals surface area contributed by atoms with Gasteiger partial charge in [0.25, 0.3) is 0 Å². The quantitative estimate of drug-likeness (QED) is 0.301. The van der Waals surface area contributed by atoms with E-state index < -0.39 is 17.9 Å². The molecule has 0 spiro atoms. The van der Waals surface area contributed by atoms with Crippen molar-refractivity contribution in [2.45, 2.75) is 97.8 Å². The van der Waals surface area contributed by atoms with Crippen molar-refractivity contribution in [1.82, 2.24) is 0 Å². The zero-order valence-electron chi connectivity index (χ0n) is 18.6. The summed E-state index contributed by atoms with van der Waals surface area (Å²) in [4.78, 5) is 36.7. The SMILES string of the molecule is CCCCCc1c(C(=O)O)c(CCCCC)c(C(=O)O)c(CCCCC)c1C(=O)O. The highest BCUT2D eigenvalue weighted by Crippen LogP contribution is 2.33. The van der Waals surface area contributed by atoms with E-state index in [0.717, 1.165) is 38.5 Å². The standard InChI is InChI=1S/C24H36O6/c1-4-7-10-13-16-19(22(25)26)17(14-11-8-5-2)21(24(29)30)18(15-12-9-6-3)20(16)23(27)28/h4-15H2,1-3H3,(H,25,26)(H,27,28)(H,29,30). The molecule has 6 nitrogen and oxygen atoms in total. The van der Waals surface area contributed by atoms with Crippen molar-refractivity contribution in [3.8, 4) is 0 Å². The summed E-state index contributed by atoms with van der Waals surface area (Å²) in [6, 6.07) is 0. The molecule has 0 radical (unpaired) electrons. The maximum Gasteiger partial charge on any atom is 0.336 e. The second-order valence-corrected chi connectivity index (χ2v) is 7.85. The molecular weight excluding hydrogens is 384 g/mol. The number of carboxylic acid groups (broad SMARTS) is 3. The highest BCUT2D eigenvalue weighted by Gasteiger charge is 2.31. The van der Waals surface area contributed by atoms with Crippen LogP contribution in [0.4, 0.5) is 0 Å². The van der Waals surface area contributed by atoms with Crippen LogP contribution in [-0.2, 0) is 19.3 Å². The van der Waals surface area contributed by atoms with Crippen molar-refractivity contribution >= 4 is 17.9 Å². The first-order valence-electron chi connectivity index (χ1n) is 11.2. The molecule has 0 saturated heterocycles. The third-order valence-electron chi connectivity index (χ3n) is 5.54. The molecule has 168 valence electrons. The minimum Gasteiger partial charge on any atom is -0.478 e. The van der Waals surface area contributed by atoms with Crippen molar-refractivity contribution in [1.29, 1.82) is 0 Å². The van der Waals surface area contributed by atoms with Crippen LogP contribution in [0.3, 0.4) is 0 Å². The average Bonchev–Trinajstić information content (AvgIpc) is 2.67. The van der Waals surface area contributed by atoms with E-state index in [4.69, 9.17) is 0 Å². The third-order valence-corrected chi connectivity index (χ3v) is 5.54. The molecule has 0 aliphatic heterocycles. The number of rotatable bonds is 15. The van der Waals surface area contributed by atoms with Gasteiger partial charge in [0.2, 0.25) is 0 Å². The van der Waals surface area contributed by atoms with Crippen LogP contribution in [-0.4, -0.2) is 33.2 Å². The summed E-state index contributed by atoms with van der Waals surface area (Å²) >= 11 is 0. The van der Waals surface area contributed by atoms with Gasteiger partial charge in [-0.2, -0.15) is 0 Å². The van der Waals surface area contributed by atoms with E-state index in [9.17, 15) is 29.7 Å². The number of aromatic carboxylic acids is 3. The summed E-state index contributed by atoms with van der Waals surface area (Å²) in [5.74, 6) is -3.71. The number of hydrogen-bond acceptors (Lipinski definition) is 3. The Hall–Kier alpha value is -2.37. The van der Waals surface area contributed by atoms with Crippen molar-refractivity contribution < 1.29 is 29.7 Å². The van der Waals surface area contributed by atoms with Crippen LogP contribution >= 0.6 is 0 Å². The fraction of sp³-hybridized carbons (Fsp3) is 0.625. The normalized spacial score (nSPS) is 10.9. The molecule has 3 N–H and O–H groups in total. The maximum absolute atomic E-state index is 12.2. The molecule has 0 heterocycles. The average molecular weight is 421 g/mol. The summed E-state index contributed by atoms with van der Waals surface area (Å²) in [6.07, 6.45) is 8.35. The van der Waals surface area contributed by atoms with Gasteiger partial charge in [0.05, 0.1) is 16.7 Å². The van der Waals surface area contributed by atoms with Gasteiger partial charge in [0, 0.05) is 0 Å². The molecule has 1 rings (SSSR count). The molecule has 1 aromatic rings. The third kappa shape index (κ3) is 6.57. The number of benzene rings is 1. The lowest BCUT2D eigenvalue weighted by atomic mass is 9.81. The van der Waals surface area contributed by atoms with E-state index in [-0.39, 0.29) is 16.7 Å². The number of carbonyl (C=O) groups is 3. The second kappa shape index (κ2) is 13.0. The lowest BCUT2D eigenvalue weighted by Crippen LogP contribution is -2.22. The van der Waals surface area contributed by atoms with Crippen LogP contribution in [0.1, 0.15) is 126 Å². The molecule has 0 aliphatic rings. The molecule has 0 aromatic heterocycles. The van der Waals surface area contributed by atoms with Crippen LogP contribution in [0.2, 0.25) is 0 Å². The van der Waals surface area contributed by atoms with Gasteiger partial charge >= 0.3 is 17.9 Å². The minimum atomic E-state index is -1.24. The number of unbranched alkanes of at least 4 members (excludes halogenated alkanes) is 6. The van der Waals surface area contributed by atoms with Gasteiger partial charge in [-0.15, -0.1) is 0 Å². The summed E-state index contributed by atoms with van der Waals surface area (Å²) < 4.78 is 0. The monoisotopic (exact) mass is 420 g/mol. The van der Waals surface area contributed by atoms with E-state index in [1.54, 1.807) is 0 Å². The molecule has 6 heteroatoms. The fourth-order valence-electron chi connectivity index (χ4n) is 4.10. The van der Waals surface area contributed by atoms with E-state index in [1.807, 2.05) is 20.8 Å². The zero-order chi connectivity index (χ0) is 22.7. The topological polar surface area (TPSA) is 112 Å². The van der Waals surface area contributed by atoms with Crippen LogP contribution in [0.15, 0.2) is 0 Å². The zero-order valence-corrected chi connectivity index (χ0v) is 18.6. The van der Waals surface area contributed by atoms with Gasteiger partial charge < -0.3 is 15.3 Å². The molecule has 0 amide bonds. The highest BCUT2D eigenvalue weighted by molar-refractivity contribution is 6.05. The second-order valence-electron chi connectivity index (χ2n) is 7.85. The van der Waals surface area contributed by atoms with E-state index >= 15 is 0 Å². The maximum atomic E-state index is 12.2. The number of carboxylic acids is 3. The van der Waals surface area contributed by atoms with Crippen molar-refractivity contribution in [2.75, 3.05) is 0 Å². The molecule has 0 saturated carbocycles. The van der Waals surface area contributed by atoms with Gasteiger partial charge in [0.1, 0.15) is 0 Å². The summed E-state index contributed by atoms with van der Waals surface area (Å²) in [5.41, 5.74) is 0.591. The van der Waals surface area contributed by atoms with E-state index in [2.05, 4.69) is 0 Å². The highest BCUT2D eigenvalue weighted by atomic mass is 16.4. The predicted octanol–water partition coefficient (Wildman–Crippen LogP) is 5.98. The fourth-order valence-corrected chi connectivity index (χ4v) is 4.10. The Balaban J connectivity index is 3.86. The molecule has 0 aliphatic carbocycles. The van der Waals surface area contributed by atoms with Gasteiger partial charge in [-0.1, -0.05) is 59.3 Å². The van der Waals surface area contributed by atoms with Gasteiger partial charge in [-0.25, -0.2) is 14.4 Å². The Morgan fingerprint density at radius 2 is 0.733 bits per heavy atom. The molecule has 30 heavy (non-hydrogen) atoms. The first-order valence-corrected chi connectivity index (χ1v) is 11.2. The van der Waals surface area contributed by atoms with E-state index in [0.29, 0.717) is 55.2 Å². The Bertz CT molecular complexity index is 630. The number of hydrogen-bond donors (Lipinski definition) is 3. The minimum absolute atomic E-state index is 0.101. The molecule has 1 aromatic carbocycles. The lowest BCUT2D eigenvalue weighted by molar-refractivity contribution is 0.0693. The van der Waals surface area contributed by atoms with E-state index in [1.165, 1.54) is 0 Å². The Morgan fingerprint density at radius 3 is 0.900 bits per heavy atom.